The van der Waals surface area contributed by atoms with Crippen molar-refractivity contribution in [2.75, 3.05) is 6.16 Å². The van der Waals surface area contributed by atoms with Crippen molar-refractivity contribution in [3.8, 4) is 0 Å². The highest BCUT2D eigenvalue weighted by Gasteiger charge is 2.76. The van der Waals surface area contributed by atoms with E-state index in [0.717, 1.165) is 5.56 Å². The van der Waals surface area contributed by atoms with Gasteiger partial charge in [-0.05, 0) is 28.5 Å². The highest BCUT2D eigenvalue weighted by Crippen LogP contribution is 2.55. The van der Waals surface area contributed by atoms with Crippen LogP contribution in [0.25, 0.3) is 0 Å². The van der Waals surface area contributed by atoms with Crippen LogP contribution in [0.1, 0.15) is 22.3 Å². The van der Waals surface area contributed by atoms with Gasteiger partial charge in [0.15, 0.2) is 5.60 Å². The van der Waals surface area contributed by atoms with E-state index >= 15 is 0 Å². The Bertz CT molecular complexity index is 1450. The molecule has 0 aromatic heterocycles. The topological polar surface area (TPSA) is 110 Å². The Balaban J connectivity index is 1.73. The van der Waals surface area contributed by atoms with Crippen molar-refractivity contribution in [1.82, 2.24) is 0 Å². The summed E-state index contributed by atoms with van der Waals surface area (Å²) < 4.78 is 6.40. The molecule has 5 N–H and O–H groups in total. The van der Waals surface area contributed by atoms with Crippen molar-refractivity contribution in [1.29, 1.82) is 0 Å². The number of hydrogen-bond donors (Lipinski definition) is 5. The summed E-state index contributed by atoms with van der Waals surface area (Å²) in [4.78, 5) is 0. The Morgan fingerprint density at radius 2 is 1.00 bits per heavy atom. The molecule has 3 unspecified atom stereocenters. The summed E-state index contributed by atoms with van der Waals surface area (Å²) in [5.74, 6) is -2.31. The molecule has 0 amide bonds. The third-order valence-electron chi connectivity index (χ3n) is 8.70. The van der Waals surface area contributed by atoms with Crippen LogP contribution in [0.15, 0.2) is 121 Å². The standard InChI is InChI=1S/C35H38IO6P/c36-43-25-35(41)34(40,24-29-19-11-4-12-20-29)33(39,23-28-17-9-3-10-18-28)32(38,22-27-15-7-2-8-16-27)31(42-35)30(37)21-26-13-5-1-6-14-26/h1-20,30-31,37-41,43H,21-25H2/t30?,31-,32-,33+,34-,35?/m1/s1. The van der Waals surface area contributed by atoms with Crippen LogP contribution in [0.5, 0.6) is 0 Å². The van der Waals surface area contributed by atoms with Crippen molar-refractivity contribution in [3.63, 3.8) is 0 Å². The third-order valence-corrected chi connectivity index (χ3v) is 10.5. The summed E-state index contributed by atoms with van der Waals surface area (Å²) in [6.45, 7) is 0. The predicted octanol–water partition coefficient (Wildman–Crippen LogP) is 4.63. The smallest absolute Gasteiger partial charge is 0.203 e. The van der Waals surface area contributed by atoms with Crippen LogP contribution in [-0.2, 0) is 30.4 Å². The van der Waals surface area contributed by atoms with Gasteiger partial charge in [-0.1, -0.05) is 143 Å². The lowest BCUT2D eigenvalue weighted by Crippen LogP contribution is -2.87. The van der Waals surface area contributed by atoms with Crippen molar-refractivity contribution in [3.05, 3.63) is 144 Å². The zero-order valence-corrected chi connectivity index (χ0v) is 26.9. The maximum Gasteiger partial charge on any atom is 0.203 e. The van der Waals surface area contributed by atoms with Crippen molar-refractivity contribution in [2.24, 2.45) is 0 Å². The van der Waals surface area contributed by atoms with Crippen LogP contribution in [-0.4, -0.2) is 66.5 Å². The summed E-state index contributed by atoms with van der Waals surface area (Å²) >= 11 is 2.12. The minimum absolute atomic E-state index is 0.0238. The minimum atomic E-state index is -2.39. The first-order valence-electron chi connectivity index (χ1n) is 14.4. The second-order valence-electron chi connectivity index (χ2n) is 11.5. The lowest BCUT2D eigenvalue weighted by molar-refractivity contribution is -0.438. The fourth-order valence-corrected chi connectivity index (χ4v) is 8.59. The van der Waals surface area contributed by atoms with Crippen LogP contribution >= 0.6 is 28.3 Å². The molecular weight excluding hydrogens is 674 g/mol. The highest BCUT2D eigenvalue weighted by atomic mass is 127. The van der Waals surface area contributed by atoms with Gasteiger partial charge in [-0.3, -0.25) is 0 Å². The maximum absolute atomic E-state index is 13.2. The highest BCUT2D eigenvalue weighted by molar-refractivity contribution is 14.2. The van der Waals surface area contributed by atoms with Gasteiger partial charge in [0.1, 0.15) is 17.3 Å². The average Bonchev–Trinajstić information content (AvgIpc) is 3.01. The molecule has 0 saturated carbocycles. The van der Waals surface area contributed by atoms with Gasteiger partial charge in [0.05, 0.1) is 6.10 Å². The molecule has 1 saturated heterocycles. The minimum Gasteiger partial charge on any atom is -0.390 e. The quantitative estimate of drug-likeness (QED) is 0.115. The molecule has 0 radical (unpaired) electrons. The number of hydrogen-bond acceptors (Lipinski definition) is 6. The van der Waals surface area contributed by atoms with Gasteiger partial charge in [0.2, 0.25) is 5.79 Å². The summed E-state index contributed by atoms with van der Waals surface area (Å²) in [6, 6.07) is 36.7. The molecule has 4 aromatic carbocycles. The summed E-state index contributed by atoms with van der Waals surface area (Å²) in [6.07, 6.45) is -3.16. The van der Waals surface area contributed by atoms with Gasteiger partial charge >= 0.3 is 0 Å². The van der Waals surface area contributed by atoms with E-state index in [1.165, 1.54) is 0 Å². The lowest BCUT2D eigenvalue weighted by atomic mass is 9.56. The number of ether oxygens (including phenoxy) is 1. The van der Waals surface area contributed by atoms with Crippen molar-refractivity contribution >= 4 is 28.3 Å². The largest absolute Gasteiger partial charge is 0.390 e. The molecule has 0 bridgehead atoms. The van der Waals surface area contributed by atoms with Crippen LogP contribution in [0.3, 0.4) is 0 Å². The molecule has 6 nitrogen and oxygen atoms in total. The molecule has 43 heavy (non-hydrogen) atoms. The summed E-state index contributed by atoms with van der Waals surface area (Å²) in [5.41, 5.74) is -4.23. The van der Waals surface area contributed by atoms with Gasteiger partial charge in [0.25, 0.3) is 0 Å². The van der Waals surface area contributed by atoms with E-state index in [1.54, 1.807) is 12.1 Å². The van der Waals surface area contributed by atoms with Gasteiger partial charge in [0, 0.05) is 31.8 Å². The molecule has 1 aliphatic heterocycles. The van der Waals surface area contributed by atoms with E-state index in [4.69, 9.17) is 4.74 Å². The zero-order chi connectivity index (χ0) is 30.6. The van der Waals surface area contributed by atoms with Crippen molar-refractivity contribution in [2.45, 2.75) is 60.5 Å². The SMILES string of the molecule is OC(Cc1ccccc1)[C@H]1OC(O)(CPI)[C@@](O)(Cc2ccccc2)[C@](O)(Cc2ccccc2)[C@@]1(O)Cc1ccccc1. The van der Waals surface area contributed by atoms with Gasteiger partial charge in [-0.15, -0.1) is 0 Å². The first-order chi connectivity index (χ1) is 20.6. The molecule has 4 aromatic rings. The Hall–Kier alpha value is -2.20. The van der Waals surface area contributed by atoms with Crippen LogP contribution < -0.4 is 0 Å². The van der Waals surface area contributed by atoms with Crippen molar-refractivity contribution < 1.29 is 30.3 Å². The fraction of sp³-hybridized carbons (Fsp3) is 0.314. The predicted molar refractivity (Wildman–Crippen MR) is 178 cm³/mol. The normalized spacial score (nSPS) is 30.0. The average molecular weight is 713 g/mol. The molecule has 0 spiro atoms. The Labute approximate surface area is 267 Å². The van der Waals surface area contributed by atoms with Gasteiger partial charge in [-0.2, -0.15) is 0 Å². The molecular formula is C35H38IO6P. The zero-order valence-electron chi connectivity index (χ0n) is 23.8. The van der Waals surface area contributed by atoms with Gasteiger partial charge < -0.3 is 30.3 Å². The fourth-order valence-electron chi connectivity index (χ4n) is 6.48. The molecule has 1 heterocycles. The van der Waals surface area contributed by atoms with E-state index in [9.17, 15) is 25.5 Å². The maximum atomic E-state index is 13.2. The molecule has 1 aliphatic rings. The van der Waals surface area contributed by atoms with E-state index in [1.807, 2.05) is 109 Å². The van der Waals surface area contributed by atoms with E-state index in [0.29, 0.717) is 16.7 Å². The van der Waals surface area contributed by atoms with Crippen LogP contribution in [0, 0.1) is 0 Å². The van der Waals surface area contributed by atoms with Crippen LogP contribution in [0.2, 0.25) is 0 Å². The first-order valence-corrected chi connectivity index (χ1v) is 18.7. The number of aliphatic hydroxyl groups is 5. The lowest BCUT2D eigenvalue weighted by Gasteiger charge is -2.65. The third kappa shape index (κ3) is 6.33. The van der Waals surface area contributed by atoms with E-state index in [-0.39, 0.29) is 38.1 Å². The first kappa shape index (κ1) is 32.2. The Kier molecular flexibility index (Phi) is 10.1. The second kappa shape index (κ2) is 13.4. The molecule has 7 atom stereocenters. The molecule has 0 aliphatic carbocycles. The second-order valence-corrected chi connectivity index (χ2v) is 14.4. The molecule has 226 valence electrons. The van der Waals surface area contributed by atoms with E-state index < -0.39 is 34.8 Å². The van der Waals surface area contributed by atoms with Gasteiger partial charge in [-0.25, -0.2) is 0 Å². The number of rotatable bonds is 11. The Morgan fingerprint density at radius 3 is 1.44 bits per heavy atom. The molecule has 8 heteroatoms. The Morgan fingerprint density at radius 1 is 0.605 bits per heavy atom. The van der Waals surface area contributed by atoms with Crippen LogP contribution in [0.4, 0.5) is 0 Å². The summed E-state index contributed by atoms with van der Waals surface area (Å²) in [5, 5.41) is 63.3. The number of benzene rings is 4. The number of halogens is 1. The number of aliphatic hydroxyl groups excluding tert-OH is 1. The monoisotopic (exact) mass is 712 g/mol. The molecule has 5 rings (SSSR count). The molecule has 1 fully saturated rings. The summed E-state index contributed by atoms with van der Waals surface area (Å²) in [7, 11) is 0. The van der Waals surface area contributed by atoms with E-state index in [2.05, 4.69) is 22.0 Å².